The molecular formula is C11H20N2O3S. The molecule has 5 nitrogen and oxygen atoms in total. The Labute approximate surface area is 106 Å². The minimum atomic E-state index is -0.832. The van der Waals surface area contributed by atoms with Crippen LogP contribution >= 0.6 is 11.8 Å². The fourth-order valence-electron chi connectivity index (χ4n) is 1.75. The molecule has 1 heterocycles. The molecule has 0 saturated carbocycles. The van der Waals surface area contributed by atoms with Gasteiger partial charge in [0.25, 0.3) is 0 Å². The Bertz CT molecular complexity index is 267. The molecule has 98 valence electrons. The average molecular weight is 260 g/mol. The van der Waals surface area contributed by atoms with Crippen LogP contribution in [0, 0.1) is 5.92 Å². The van der Waals surface area contributed by atoms with Crippen LogP contribution in [-0.2, 0) is 4.79 Å². The Morgan fingerprint density at radius 3 is 2.59 bits per heavy atom. The Balaban J connectivity index is 2.32. The quantitative estimate of drug-likeness (QED) is 0.780. The maximum absolute atomic E-state index is 11.7. The summed E-state index contributed by atoms with van der Waals surface area (Å²) < 4.78 is 0. The molecule has 1 rings (SSSR count). The van der Waals surface area contributed by atoms with Gasteiger partial charge in [0.15, 0.2) is 0 Å². The summed E-state index contributed by atoms with van der Waals surface area (Å²) in [5, 5.41) is 11.7. The van der Waals surface area contributed by atoms with Gasteiger partial charge in [-0.3, -0.25) is 4.79 Å². The van der Waals surface area contributed by atoms with Crippen molar-refractivity contribution in [3.63, 3.8) is 0 Å². The van der Waals surface area contributed by atoms with Crippen LogP contribution in [0.4, 0.5) is 4.79 Å². The zero-order valence-corrected chi connectivity index (χ0v) is 11.0. The van der Waals surface area contributed by atoms with Crippen molar-refractivity contribution in [3.05, 3.63) is 0 Å². The van der Waals surface area contributed by atoms with Crippen LogP contribution in [0.3, 0.4) is 0 Å². The number of carbonyl (C=O) groups excluding carboxylic acids is 1. The van der Waals surface area contributed by atoms with Gasteiger partial charge in [-0.2, -0.15) is 11.8 Å². The smallest absolute Gasteiger partial charge is 0.317 e. The first-order valence-corrected chi connectivity index (χ1v) is 7.14. The van der Waals surface area contributed by atoms with E-state index in [1.165, 1.54) is 0 Å². The molecule has 6 heteroatoms. The molecule has 1 fully saturated rings. The number of hydrogen-bond donors (Lipinski definition) is 2. The number of thioether (sulfide) groups is 1. The zero-order chi connectivity index (χ0) is 12.7. The number of hydrogen-bond acceptors (Lipinski definition) is 3. The summed E-state index contributed by atoms with van der Waals surface area (Å²) in [5.41, 5.74) is 0. The Hall–Kier alpha value is -0.910. The van der Waals surface area contributed by atoms with E-state index in [4.69, 9.17) is 5.11 Å². The molecule has 0 bridgehead atoms. The van der Waals surface area contributed by atoms with Crippen LogP contribution in [0.5, 0.6) is 0 Å². The highest BCUT2D eigenvalue weighted by Gasteiger charge is 2.20. The third-order valence-corrected chi connectivity index (χ3v) is 3.73. The second-order valence-corrected chi connectivity index (χ2v) is 5.33. The van der Waals surface area contributed by atoms with Crippen LogP contribution < -0.4 is 5.32 Å². The summed E-state index contributed by atoms with van der Waals surface area (Å²) in [4.78, 5) is 24.4. The first-order chi connectivity index (χ1) is 8.15. The SMILES string of the molecule is CCCC(CNC(=O)N1CCSCC1)C(=O)O. The van der Waals surface area contributed by atoms with Gasteiger partial charge < -0.3 is 15.3 Å². The summed E-state index contributed by atoms with van der Waals surface area (Å²) in [6.07, 6.45) is 1.42. The van der Waals surface area contributed by atoms with Crippen molar-refractivity contribution >= 4 is 23.8 Å². The Morgan fingerprint density at radius 2 is 2.06 bits per heavy atom. The highest BCUT2D eigenvalue weighted by atomic mass is 32.2. The van der Waals surface area contributed by atoms with E-state index in [2.05, 4.69) is 5.32 Å². The molecule has 1 aliphatic heterocycles. The number of urea groups is 1. The van der Waals surface area contributed by atoms with Crippen molar-refractivity contribution in [3.8, 4) is 0 Å². The van der Waals surface area contributed by atoms with Gasteiger partial charge in [0, 0.05) is 31.1 Å². The largest absolute Gasteiger partial charge is 0.481 e. The molecule has 0 spiro atoms. The topological polar surface area (TPSA) is 69.6 Å². The minimum absolute atomic E-state index is 0.132. The number of carbonyl (C=O) groups is 2. The second-order valence-electron chi connectivity index (χ2n) is 4.11. The number of nitrogens with zero attached hydrogens (tertiary/aromatic N) is 1. The van der Waals surface area contributed by atoms with Crippen LogP contribution in [0.15, 0.2) is 0 Å². The number of amides is 2. The maximum atomic E-state index is 11.7. The van der Waals surface area contributed by atoms with Crippen LogP contribution in [0.2, 0.25) is 0 Å². The molecule has 2 amide bonds. The van der Waals surface area contributed by atoms with Crippen LogP contribution in [0.25, 0.3) is 0 Å². The van der Waals surface area contributed by atoms with E-state index >= 15 is 0 Å². The first-order valence-electron chi connectivity index (χ1n) is 5.98. The van der Waals surface area contributed by atoms with Gasteiger partial charge in [0.2, 0.25) is 0 Å². The summed E-state index contributed by atoms with van der Waals surface area (Å²) in [5.74, 6) is 0.625. The third kappa shape index (κ3) is 4.85. The van der Waals surface area contributed by atoms with Gasteiger partial charge in [-0.05, 0) is 6.42 Å². The molecule has 0 aromatic carbocycles. The molecule has 1 atom stereocenters. The van der Waals surface area contributed by atoms with Crippen molar-refractivity contribution in [2.75, 3.05) is 31.1 Å². The zero-order valence-electron chi connectivity index (χ0n) is 10.1. The number of nitrogens with one attached hydrogen (secondary N) is 1. The van der Waals surface area contributed by atoms with Gasteiger partial charge in [-0.15, -0.1) is 0 Å². The van der Waals surface area contributed by atoms with Crippen molar-refractivity contribution in [2.24, 2.45) is 5.92 Å². The van der Waals surface area contributed by atoms with Gasteiger partial charge in [-0.25, -0.2) is 4.79 Å². The lowest BCUT2D eigenvalue weighted by Gasteiger charge is -2.27. The van der Waals surface area contributed by atoms with E-state index in [-0.39, 0.29) is 12.6 Å². The summed E-state index contributed by atoms with van der Waals surface area (Å²) >= 11 is 1.84. The lowest BCUT2D eigenvalue weighted by molar-refractivity contribution is -0.141. The molecule has 2 N–H and O–H groups in total. The van der Waals surface area contributed by atoms with Gasteiger partial charge in [-0.1, -0.05) is 13.3 Å². The highest BCUT2D eigenvalue weighted by molar-refractivity contribution is 7.99. The lowest BCUT2D eigenvalue weighted by atomic mass is 10.0. The predicted octanol–water partition coefficient (Wildman–Crippen LogP) is 1.25. The summed E-state index contributed by atoms with van der Waals surface area (Å²) in [7, 11) is 0. The van der Waals surface area contributed by atoms with E-state index in [0.29, 0.717) is 6.42 Å². The number of carboxylic acid groups (broad SMARTS) is 1. The fourth-order valence-corrected chi connectivity index (χ4v) is 2.65. The minimum Gasteiger partial charge on any atom is -0.481 e. The molecule has 17 heavy (non-hydrogen) atoms. The normalized spacial score (nSPS) is 17.6. The third-order valence-electron chi connectivity index (χ3n) is 2.78. The molecule has 1 unspecified atom stereocenters. The standard InChI is InChI=1S/C11H20N2O3S/c1-2-3-9(10(14)15)8-12-11(16)13-4-6-17-7-5-13/h9H,2-8H2,1H3,(H,12,16)(H,14,15). The molecule has 0 aromatic heterocycles. The molecule has 0 aliphatic carbocycles. The Kier molecular flexibility index (Phi) is 6.18. The first kappa shape index (κ1) is 14.2. The van der Waals surface area contributed by atoms with E-state index < -0.39 is 11.9 Å². The fraction of sp³-hybridized carbons (Fsp3) is 0.818. The van der Waals surface area contributed by atoms with Crippen molar-refractivity contribution in [1.82, 2.24) is 10.2 Å². The van der Waals surface area contributed by atoms with E-state index in [1.807, 2.05) is 18.7 Å². The molecule has 0 aromatic rings. The summed E-state index contributed by atoms with van der Waals surface area (Å²) in [6, 6.07) is -0.132. The van der Waals surface area contributed by atoms with Crippen molar-refractivity contribution < 1.29 is 14.7 Å². The van der Waals surface area contributed by atoms with Crippen LogP contribution in [-0.4, -0.2) is 53.1 Å². The Morgan fingerprint density at radius 1 is 1.41 bits per heavy atom. The van der Waals surface area contributed by atoms with Crippen molar-refractivity contribution in [1.29, 1.82) is 0 Å². The number of rotatable bonds is 5. The summed E-state index contributed by atoms with van der Waals surface area (Å²) in [6.45, 7) is 3.68. The number of aliphatic carboxylic acids is 1. The van der Waals surface area contributed by atoms with Crippen LogP contribution in [0.1, 0.15) is 19.8 Å². The van der Waals surface area contributed by atoms with Crippen molar-refractivity contribution in [2.45, 2.75) is 19.8 Å². The van der Waals surface area contributed by atoms with E-state index in [9.17, 15) is 9.59 Å². The monoisotopic (exact) mass is 260 g/mol. The highest BCUT2D eigenvalue weighted by Crippen LogP contribution is 2.10. The van der Waals surface area contributed by atoms with Gasteiger partial charge >= 0.3 is 12.0 Å². The predicted molar refractivity (Wildman–Crippen MR) is 68.3 cm³/mol. The van der Waals surface area contributed by atoms with E-state index in [1.54, 1.807) is 4.90 Å². The molecule has 0 radical (unpaired) electrons. The van der Waals surface area contributed by atoms with Gasteiger partial charge in [0.05, 0.1) is 5.92 Å². The molecule has 1 saturated heterocycles. The molecular weight excluding hydrogens is 240 g/mol. The second kappa shape index (κ2) is 7.42. The number of carboxylic acids is 1. The lowest BCUT2D eigenvalue weighted by Crippen LogP contribution is -2.46. The average Bonchev–Trinajstić information content (AvgIpc) is 2.34. The van der Waals surface area contributed by atoms with E-state index in [0.717, 1.165) is 31.0 Å². The maximum Gasteiger partial charge on any atom is 0.317 e. The van der Waals surface area contributed by atoms with Gasteiger partial charge in [0.1, 0.15) is 0 Å². The molecule has 1 aliphatic rings.